The molecule has 0 radical (unpaired) electrons. The molecule has 7 heteroatoms. The second kappa shape index (κ2) is 7.13. The topological polar surface area (TPSA) is 21.3 Å². The van der Waals surface area contributed by atoms with E-state index in [1.807, 2.05) is 0 Å². The molecule has 1 fully saturated rings. The molecule has 0 unspecified atom stereocenters. The molecular formula is C13H16ClF4NO. The maximum Gasteiger partial charge on any atom is 0.461 e. The van der Waals surface area contributed by atoms with E-state index in [-0.39, 0.29) is 24.2 Å². The largest absolute Gasteiger partial charge is 0.461 e. The minimum absolute atomic E-state index is 0. The molecule has 0 aromatic heterocycles. The summed E-state index contributed by atoms with van der Waals surface area (Å²) in [5, 5.41) is 3.26. The van der Waals surface area contributed by atoms with Crippen molar-refractivity contribution in [3.8, 4) is 5.75 Å². The van der Waals surface area contributed by atoms with E-state index in [0.29, 0.717) is 0 Å². The molecule has 0 aliphatic carbocycles. The molecule has 0 spiro atoms. The van der Waals surface area contributed by atoms with Crippen molar-refractivity contribution in [3.05, 3.63) is 29.8 Å². The van der Waals surface area contributed by atoms with Gasteiger partial charge >= 0.3 is 12.5 Å². The van der Waals surface area contributed by atoms with Gasteiger partial charge in [-0.25, -0.2) is 0 Å². The summed E-state index contributed by atoms with van der Waals surface area (Å²) in [7, 11) is 0. The molecule has 20 heavy (non-hydrogen) atoms. The van der Waals surface area contributed by atoms with Gasteiger partial charge in [0.15, 0.2) is 0 Å². The van der Waals surface area contributed by atoms with Crippen LogP contribution in [0.4, 0.5) is 17.6 Å². The highest BCUT2D eigenvalue weighted by molar-refractivity contribution is 5.85. The summed E-state index contributed by atoms with van der Waals surface area (Å²) in [5.41, 5.74) is 0.780. The lowest BCUT2D eigenvalue weighted by Crippen LogP contribution is -2.33. The maximum atomic E-state index is 12.8. The Balaban J connectivity index is 0.00000200. The van der Waals surface area contributed by atoms with Crippen LogP contribution in [0, 0.1) is 0 Å². The van der Waals surface area contributed by atoms with E-state index in [0.717, 1.165) is 31.4 Å². The van der Waals surface area contributed by atoms with E-state index in [9.17, 15) is 17.6 Å². The van der Waals surface area contributed by atoms with Crippen LogP contribution >= 0.6 is 12.4 Å². The first-order chi connectivity index (χ1) is 8.99. The van der Waals surface area contributed by atoms with E-state index in [2.05, 4.69) is 10.1 Å². The Bertz CT molecular complexity index is 425. The van der Waals surface area contributed by atoms with Crippen LogP contribution in [-0.2, 0) is 0 Å². The number of halogens is 5. The van der Waals surface area contributed by atoms with E-state index >= 15 is 0 Å². The lowest BCUT2D eigenvalue weighted by atomic mass is 9.97. The van der Waals surface area contributed by atoms with Gasteiger partial charge in [-0.15, -0.1) is 12.4 Å². The van der Waals surface area contributed by atoms with Crippen molar-refractivity contribution in [1.82, 2.24) is 5.32 Å². The van der Waals surface area contributed by atoms with Gasteiger partial charge in [0.05, 0.1) is 0 Å². The molecular weight excluding hydrogens is 298 g/mol. The Kier molecular flexibility index (Phi) is 6.07. The van der Waals surface area contributed by atoms with Crippen LogP contribution in [0.5, 0.6) is 5.75 Å². The highest BCUT2D eigenvalue weighted by atomic mass is 35.5. The summed E-state index contributed by atoms with van der Waals surface area (Å²) in [5.74, 6) is -0.241. The number of ether oxygens (including phenoxy) is 1. The second-order valence-corrected chi connectivity index (χ2v) is 4.54. The van der Waals surface area contributed by atoms with Crippen LogP contribution in [0.2, 0.25) is 0 Å². The number of piperidine rings is 1. The van der Waals surface area contributed by atoms with Crippen LogP contribution in [0.15, 0.2) is 24.3 Å². The second-order valence-electron chi connectivity index (χ2n) is 4.54. The third-order valence-corrected chi connectivity index (χ3v) is 3.08. The average Bonchev–Trinajstić information content (AvgIpc) is 2.39. The van der Waals surface area contributed by atoms with E-state index in [1.165, 1.54) is 18.2 Å². The van der Waals surface area contributed by atoms with Gasteiger partial charge in [-0.2, -0.15) is 17.6 Å². The number of rotatable bonds is 4. The zero-order valence-corrected chi connectivity index (χ0v) is 11.4. The molecule has 0 saturated carbocycles. The summed E-state index contributed by atoms with van der Waals surface area (Å²) in [6.07, 6.45) is -5.27. The zero-order chi connectivity index (χ0) is 13.9. The van der Waals surface area contributed by atoms with Gasteiger partial charge in [0, 0.05) is 6.04 Å². The normalized spacial score (nSPS) is 19.6. The highest BCUT2D eigenvalue weighted by Gasteiger charge is 2.44. The van der Waals surface area contributed by atoms with Crippen molar-refractivity contribution >= 4 is 12.4 Å². The third-order valence-electron chi connectivity index (χ3n) is 3.08. The van der Waals surface area contributed by atoms with Gasteiger partial charge in [-0.3, -0.25) is 0 Å². The van der Waals surface area contributed by atoms with Gasteiger partial charge in [-0.1, -0.05) is 18.6 Å². The minimum atomic E-state index is -4.46. The van der Waals surface area contributed by atoms with Crippen molar-refractivity contribution < 1.29 is 22.3 Å². The summed E-state index contributed by atoms with van der Waals surface area (Å²) in [6, 6.07) is 6.01. The fourth-order valence-corrected chi connectivity index (χ4v) is 2.13. The number of nitrogens with one attached hydrogen (secondary N) is 1. The van der Waals surface area contributed by atoms with Gasteiger partial charge < -0.3 is 10.1 Å². The molecule has 1 aliphatic rings. The molecule has 0 bridgehead atoms. The third kappa shape index (κ3) is 4.24. The number of benzene rings is 1. The van der Waals surface area contributed by atoms with Crippen LogP contribution < -0.4 is 10.1 Å². The van der Waals surface area contributed by atoms with Crippen molar-refractivity contribution in [2.75, 3.05) is 6.54 Å². The monoisotopic (exact) mass is 313 g/mol. The number of hydrogen-bond acceptors (Lipinski definition) is 2. The number of hydrogen-bond donors (Lipinski definition) is 1. The molecule has 1 saturated heterocycles. The molecule has 1 aromatic rings. The van der Waals surface area contributed by atoms with Crippen molar-refractivity contribution in [3.63, 3.8) is 0 Å². The first kappa shape index (κ1) is 17.0. The zero-order valence-electron chi connectivity index (χ0n) is 10.6. The van der Waals surface area contributed by atoms with Gasteiger partial charge in [-0.05, 0) is 37.1 Å². The van der Waals surface area contributed by atoms with E-state index < -0.39 is 12.5 Å². The molecule has 114 valence electrons. The highest BCUT2D eigenvalue weighted by Crippen LogP contribution is 2.30. The Morgan fingerprint density at radius 1 is 1.25 bits per heavy atom. The first-order valence-electron chi connectivity index (χ1n) is 6.17. The smallest absolute Gasteiger partial charge is 0.428 e. The predicted octanol–water partition coefficient (Wildman–Crippen LogP) is 4.16. The quantitative estimate of drug-likeness (QED) is 0.843. The van der Waals surface area contributed by atoms with Crippen molar-refractivity contribution in [1.29, 1.82) is 0 Å². The molecule has 1 aromatic carbocycles. The summed E-state index contributed by atoms with van der Waals surface area (Å²) >= 11 is 0. The molecule has 2 nitrogen and oxygen atoms in total. The molecule has 1 atom stereocenters. The molecule has 1 aliphatic heterocycles. The standard InChI is InChI=1S/C13H15F4NO.ClH/c14-12(15)13(16,17)19-10-5-3-4-9(8-10)11-6-1-2-7-18-11;/h3-5,8,11-12,18H,1-2,6-7H2;1H/t11-;/m1./s1. The van der Waals surface area contributed by atoms with Gasteiger partial charge in [0.25, 0.3) is 0 Å². The van der Waals surface area contributed by atoms with Crippen molar-refractivity contribution in [2.24, 2.45) is 0 Å². The Morgan fingerprint density at radius 2 is 2.00 bits per heavy atom. The molecule has 1 heterocycles. The van der Waals surface area contributed by atoms with Gasteiger partial charge in [0.2, 0.25) is 0 Å². The molecule has 0 amide bonds. The summed E-state index contributed by atoms with van der Waals surface area (Å²) in [4.78, 5) is 0. The van der Waals surface area contributed by atoms with E-state index in [4.69, 9.17) is 0 Å². The Labute approximate surface area is 120 Å². The average molecular weight is 314 g/mol. The Morgan fingerprint density at radius 3 is 2.60 bits per heavy atom. The molecule has 2 rings (SSSR count). The summed E-state index contributed by atoms with van der Waals surface area (Å²) < 4.78 is 53.9. The minimum Gasteiger partial charge on any atom is -0.428 e. The van der Waals surface area contributed by atoms with Crippen molar-refractivity contribution in [2.45, 2.75) is 37.8 Å². The lowest BCUT2D eigenvalue weighted by Gasteiger charge is -2.24. The SMILES string of the molecule is Cl.FC(F)C(F)(F)Oc1cccc([C@H]2CCCCN2)c1. The first-order valence-corrected chi connectivity index (χ1v) is 6.17. The summed E-state index contributed by atoms with van der Waals surface area (Å²) in [6.45, 7) is 0.864. The van der Waals surface area contributed by atoms with Crippen LogP contribution in [0.25, 0.3) is 0 Å². The predicted molar refractivity (Wildman–Crippen MR) is 69.9 cm³/mol. The fraction of sp³-hybridized carbons (Fsp3) is 0.538. The van der Waals surface area contributed by atoms with E-state index in [1.54, 1.807) is 6.07 Å². The van der Waals surface area contributed by atoms with Crippen LogP contribution in [0.1, 0.15) is 30.9 Å². The number of alkyl halides is 4. The Hall–Kier alpha value is -1.01. The van der Waals surface area contributed by atoms with Crippen LogP contribution in [-0.4, -0.2) is 19.1 Å². The fourth-order valence-electron chi connectivity index (χ4n) is 2.13. The maximum absolute atomic E-state index is 12.8. The van der Waals surface area contributed by atoms with Crippen LogP contribution in [0.3, 0.4) is 0 Å². The molecule has 1 N–H and O–H groups in total. The lowest BCUT2D eigenvalue weighted by molar-refractivity contribution is -0.253. The van der Waals surface area contributed by atoms with Gasteiger partial charge in [0.1, 0.15) is 5.75 Å².